The first-order valence-corrected chi connectivity index (χ1v) is 9.75. The predicted octanol–water partition coefficient (Wildman–Crippen LogP) is 3.87. The number of nitrogens with zero attached hydrogens (tertiary/aromatic N) is 4. The fourth-order valence-corrected chi connectivity index (χ4v) is 3.30. The second-order valence-corrected chi connectivity index (χ2v) is 7.06. The van der Waals surface area contributed by atoms with Crippen molar-refractivity contribution in [2.45, 2.75) is 10.1 Å². The van der Waals surface area contributed by atoms with Crippen molar-refractivity contribution in [1.29, 1.82) is 0 Å². The van der Waals surface area contributed by atoms with Crippen molar-refractivity contribution in [3.63, 3.8) is 0 Å². The number of nitro groups is 1. The van der Waals surface area contributed by atoms with E-state index in [1.165, 1.54) is 12.3 Å². The van der Waals surface area contributed by atoms with E-state index in [2.05, 4.69) is 25.8 Å². The van der Waals surface area contributed by atoms with E-state index in [4.69, 9.17) is 17.0 Å². The SMILES string of the molecule is COc1ccccc1NC(=S)N/N=C\c1ccc(Sc2ncccn2)c([N+](=O)[O-])c1. The lowest BCUT2D eigenvalue weighted by Gasteiger charge is -2.10. The average molecular weight is 441 g/mol. The van der Waals surface area contributed by atoms with E-state index in [0.717, 1.165) is 11.8 Å². The minimum absolute atomic E-state index is 0.0638. The van der Waals surface area contributed by atoms with E-state index >= 15 is 0 Å². The van der Waals surface area contributed by atoms with Crippen molar-refractivity contribution in [1.82, 2.24) is 15.4 Å². The quantitative estimate of drug-likeness (QED) is 0.186. The van der Waals surface area contributed by atoms with E-state index < -0.39 is 4.92 Å². The first kappa shape index (κ1) is 21.1. The lowest BCUT2D eigenvalue weighted by Crippen LogP contribution is -2.24. The Balaban J connectivity index is 1.67. The number of para-hydroxylation sites is 2. The minimum Gasteiger partial charge on any atom is -0.495 e. The van der Waals surface area contributed by atoms with Crippen LogP contribution in [0.15, 0.2) is 76.1 Å². The first-order chi connectivity index (χ1) is 14.6. The Bertz CT molecular complexity index is 1080. The molecule has 0 amide bonds. The van der Waals surface area contributed by atoms with Gasteiger partial charge in [-0.25, -0.2) is 9.97 Å². The molecule has 11 heteroatoms. The maximum atomic E-state index is 11.5. The highest BCUT2D eigenvalue weighted by Gasteiger charge is 2.16. The largest absolute Gasteiger partial charge is 0.495 e. The van der Waals surface area contributed by atoms with Crippen LogP contribution in [0.5, 0.6) is 5.75 Å². The lowest BCUT2D eigenvalue weighted by molar-refractivity contribution is -0.387. The fourth-order valence-electron chi connectivity index (χ4n) is 2.34. The van der Waals surface area contributed by atoms with Crippen molar-refractivity contribution < 1.29 is 9.66 Å². The Morgan fingerprint density at radius 3 is 2.73 bits per heavy atom. The summed E-state index contributed by atoms with van der Waals surface area (Å²) in [5.74, 6) is 0.636. The zero-order valence-corrected chi connectivity index (χ0v) is 17.3. The molecule has 0 atom stereocenters. The number of benzene rings is 2. The Hall–Kier alpha value is -3.57. The molecule has 0 saturated heterocycles. The normalized spacial score (nSPS) is 10.6. The Morgan fingerprint density at radius 2 is 2.00 bits per heavy atom. The number of rotatable bonds is 7. The summed E-state index contributed by atoms with van der Waals surface area (Å²) in [5, 5.41) is 19.1. The average Bonchev–Trinajstić information content (AvgIpc) is 2.75. The molecule has 0 saturated carbocycles. The molecule has 1 heterocycles. The maximum Gasteiger partial charge on any atom is 0.283 e. The third kappa shape index (κ3) is 5.72. The molecular formula is C19H16N6O3S2. The lowest BCUT2D eigenvalue weighted by atomic mass is 10.2. The number of ether oxygens (including phenoxy) is 1. The molecule has 2 N–H and O–H groups in total. The molecule has 0 radical (unpaired) electrons. The molecule has 0 aliphatic rings. The van der Waals surface area contributed by atoms with Gasteiger partial charge in [-0.1, -0.05) is 18.2 Å². The van der Waals surface area contributed by atoms with Gasteiger partial charge in [0.1, 0.15) is 5.75 Å². The van der Waals surface area contributed by atoms with Crippen LogP contribution >= 0.6 is 24.0 Å². The third-order valence-corrected chi connectivity index (χ3v) is 4.81. The highest BCUT2D eigenvalue weighted by molar-refractivity contribution is 7.99. The Kier molecular flexibility index (Phi) is 7.24. The smallest absolute Gasteiger partial charge is 0.283 e. The molecule has 2 aromatic carbocycles. The summed E-state index contributed by atoms with van der Waals surface area (Å²) in [7, 11) is 1.56. The zero-order valence-electron chi connectivity index (χ0n) is 15.7. The van der Waals surface area contributed by atoms with Crippen LogP contribution in [0, 0.1) is 10.1 Å². The number of nitrogens with one attached hydrogen (secondary N) is 2. The number of anilines is 1. The summed E-state index contributed by atoms with van der Waals surface area (Å²) < 4.78 is 5.25. The molecule has 1 aromatic heterocycles. The standard InChI is InChI=1S/C19H16N6O3S2/c1-28-16-6-3-2-5-14(16)23-18(29)24-22-12-13-7-8-17(15(11-13)25(26)27)30-19-20-9-4-10-21-19/h2-12H,1H3,(H2,23,24,29)/b22-12-. The second-order valence-electron chi connectivity index (χ2n) is 5.64. The topological polar surface area (TPSA) is 115 Å². The van der Waals surface area contributed by atoms with Crippen molar-refractivity contribution in [2.24, 2.45) is 5.10 Å². The van der Waals surface area contributed by atoms with Crippen molar-refractivity contribution in [2.75, 3.05) is 12.4 Å². The molecule has 0 unspecified atom stereocenters. The molecule has 152 valence electrons. The molecule has 0 aliphatic carbocycles. The van der Waals surface area contributed by atoms with Crippen LogP contribution in [0.2, 0.25) is 0 Å². The third-order valence-electron chi connectivity index (χ3n) is 3.66. The summed E-state index contributed by atoms with van der Waals surface area (Å²) in [6, 6.07) is 13.7. The molecule has 0 bridgehead atoms. The van der Waals surface area contributed by atoms with Gasteiger partial charge in [0.25, 0.3) is 5.69 Å². The first-order valence-electron chi connectivity index (χ1n) is 8.53. The molecule has 9 nitrogen and oxygen atoms in total. The van der Waals surface area contributed by atoms with Gasteiger partial charge in [0.2, 0.25) is 0 Å². The molecule has 0 aliphatic heterocycles. The maximum absolute atomic E-state index is 11.5. The number of thiocarbonyl (C=S) groups is 1. The van der Waals surface area contributed by atoms with Crippen LogP contribution in [-0.2, 0) is 0 Å². The number of hydrazone groups is 1. The number of methoxy groups -OCH3 is 1. The number of hydrogen-bond acceptors (Lipinski definition) is 8. The molecule has 0 spiro atoms. The number of hydrogen-bond donors (Lipinski definition) is 2. The van der Waals surface area contributed by atoms with Gasteiger partial charge in [-0.3, -0.25) is 15.5 Å². The van der Waals surface area contributed by atoms with E-state index in [9.17, 15) is 10.1 Å². The molecule has 30 heavy (non-hydrogen) atoms. The molecule has 3 aromatic rings. The molecular weight excluding hydrogens is 424 g/mol. The fraction of sp³-hybridized carbons (Fsp3) is 0.0526. The summed E-state index contributed by atoms with van der Waals surface area (Å²) in [4.78, 5) is 19.6. The number of aromatic nitrogens is 2. The monoisotopic (exact) mass is 440 g/mol. The van der Waals surface area contributed by atoms with Gasteiger partial charge < -0.3 is 10.1 Å². The van der Waals surface area contributed by atoms with Gasteiger partial charge in [0.15, 0.2) is 10.3 Å². The summed E-state index contributed by atoms with van der Waals surface area (Å²) in [5.41, 5.74) is 3.83. The minimum atomic E-state index is -0.454. The van der Waals surface area contributed by atoms with E-state index in [-0.39, 0.29) is 10.8 Å². The van der Waals surface area contributed by atoms with Gasteiger partial charge in [0.05, 0.1) is 28.8 Å². The van der Waals surface area contributed by atoms with E-state index in [0.29, 0.717) is 27.1 Å². The Labute approximate surface area is 181 Å². The van der Waals surface area contributed by atoms with Crippen LogP contribution in [0.4, 0.5) is 11.4 Å². The summed E-state index contributed by atoms with van der Waals surface area (Å²) in [6.45, 7) is 0. The molecule has 0 fully saturated rings. The highest BCUT2D eigenvalue weighted by atomic mass is 32.2. The van der Waals surface area contributed by atoms with Crippen molar-refractivity contribution >= 4 is 46.7 Å². The van der Waals surface area contributed by atoms with Crippen molar-refractivity contribution in [3.05, 3.63) is 76.6 Å². The van der Waals surface area contributed by atoms with Gasteiger partial charge in [0, 0.05) is 24.0 Å². The van der Waals surface area contributed by atoms with E-state index in [1.807, 2.05) is 18.2 Å². The zero-order chi connectivity index (χ0) is 21.3. The van der Waals surface area contributed by atoms with Gasteiger partial charge in [-0.15, -0.1) is 0 Å². The second kappa shape index (κ2) is 10.3. The number of nitro benzene ring substituents is 1. The highest BCUT2D eigenvalue weighted by Crippen LogP contribution is 2.33. The van der Waals surface area contributed by atoms with Crippen LogP contribution in [-0.4, -0.2) is 33.3 Å². The van der Waals surface area contributed by atoms with Gasteiger partial charge in [-0.2, -0.15) is 5.10 Å². The Morgan fingerprint density at radius 1 is 1.23 bits per heavy atom. The van der Waals surface area contributed by atoms with Gasteiger partial charge in [-0.05, 0) is 48.2 Å². The van der Waals surface area contributed by atoms with Crippen LogP contribution < -0.4 is 15.5 Å². The summed E-state index contributed by atoms with van der Waals surface area (Å²) >= 11 is 6.32. The van der Waals surface area contributed by atoms with Crippen LogP contribution in [0.3, 0.4) is 0 Å². The van der Waals surface area contributed by atoms with E-state index in [1.54, 1.807) is 43.8 Å². The van der Waals surface area contributed by atoms with Crippen LogP contribution in [0.1, 0.15) is 5.56 Å². The molecule has 3 rings (SSSR count). The predicted molar refractivity (Wildman–Crippen MR) is 119 cm³/mol. The van der Waals surface area contributed by atoms with Crippen molar-refractivity contribution in [3.8, 4) is 5.75 Å². The van der Waals surface area contributed by atoms with Crippen LogP contribution in [0.25, 0.3) is 0 Å². The summed E-state index contributed by atoms with van der Waals surface area (Å²) in [6.07, 6.45) is 4.60. The van der Waals surface area contributed by atoms with Gasteiger partial charge >= 0.3 is 0 Å².